The number of carbonyl (C=O) groups is 2. The number of urea groups is 2. The Morgan fingerprint density at radius 1 is 1.12 bits per heavy atom. The molecule has 0 spiro atoms. The highest BCUT2D eigenvalue weighted by molar-refractivity contribution is 5.76. The summed E-state index contributed by atoms with van der Waals surface area (Å²) in [7, 11) is 1.68. The quantitative estimate of drug-likeness (QED) is 0.352. The summed E-state index contributed by atoms with van der Waals surface area (Å²) >= 11 is 0. The number of likely N-dealkylation sites (tertiary alicyclic amines) is 1. The minimum Gasteiger partial charge on any atom is -0.370 e. The van der Waals surface area contributed by atoms with Crippen LogP contribution >= 0.6 is 0 Å². The monoisotopic (exact) mass is 597 g/mol. The van der Waals surface area contributed by atoms with E-state index in [0.29, 0.717) is 45.6 Å². The first kappa shape index (κ1) is 34.6. The van der Waals surface area contributed by atoms with Crippen LogP contribution < -0.4 is 10.6 Å². The van der Waals surface area contributed by atoms with Gasteiger partial charge in [0.1, 0.15) is 6.23 Å². The van der Waals surface area contributed by atoms with E-state index in [9.17, 15) is 9.59 Å². The number of amides is 4. The minimum absolute atomic E-state index is 0.0450. The van der Waals surface area contributed by atoms with E-state index in [1.54, 1.807) is 13.2 Å². The molecule has 1 aromatic carbocycles. The molecule has 2 saturated heterocycles. The number of methoxy groups -OCH3 is 1. The average Bonchev–Trinajstić information content (AvgIpc) is 3.85. The van der Waals surface area contributed by atoms with Gasteiger partial charge in [-0.05, 0) is 43.7 Å². The van der Waals surface area contributed by atoms with Crippen LogP contribution in [-0.4, -0.2) is 97.6 Å². The maximum atomic E-state index is 13.4. The van der Waals surface area contributed by atoms with Gasteiger partial charge in [-0.25, -0.2) is 9.59 Å². The number of piperidine rings is 1. The van der Waals surface area contributed by atoms with Crippen molar-refractivity contribution in [3.05, 3.63) is 61.2 Å². The highest BCUT2D eigenvalue weighted by Gasteiger charge is 2.37. The zero-order chi connectivity index (χ0) is 31.4. The molecule has 2 heterocycles. The molecule has 0 bridgehead atoms. The van der Waals surface area contributed by atoms with Crippen LogP contribution in [0.4, 0.5) is 9.59 Å². The van der Waals surface area contributed by atoms with Gasteiger partial charge < -0.3 is 29.9 Å². The Labute approximate surface area is 259 Å². The molecule has 0 aromatic heterocycles. The molecule has 4 amide bonds. The summed E-state index contributed by atoms with van der Waals surface area (Å²) in [5.74, 6) is 1.25. The summed E-state index contributed by atoms with van der Waals surface area (Å²) in [5, 5.41) is 6.18. The van der Waals surface area contributed by atoms with E-state index in [4.69, 9.17) is 9.47 Å². The van der Waals surface area contributed by atoms with Crippen molar-refractivity contribution in [1.29, 1.82) is 0 Å². The molecule has 2 N–H and O–H groups in total. The third-order valence-electron chi connectivity index (χ3n) is 8.62. The van der Waals surface area contributed by atoms with Crippen molar-refractivity contribution >= 4 is 12.1 Å². The lowest BCUT2D eigenvalue weighted by Gasteiger charge is -2.40. The lowest BCUT2D eigenvalue weighted by atomic mass is 10.0. The molecule has 9 nitrogen and oxygen atoms in total. The van der Waals surface area contributed by atoms with Crippen LogP contribution in [0.1, 0.15) is 65.0 Å². The van der Waals surface area contributed by atoms with Crippen LogP contribution in [0.5, 0.6) is 0 Å². The van der Waals surface area contributed by atoms with Crippen molar-refractivity contribution in [3.8, 4) is 0 Å². The first-order valence-corrected chi connectivity index (χ1v) is 16.0. The lowest BCUT2D eigenvalue weighted by Crippen LogP contribution is -2.58. The summed E-state index contributed by atoms with van der Waals surface area (Å²) < 4.78 is 12.2. The topological polar surface area (TPSA) is 86.4 Å². The maximum absolute atomic E-state index is 13.4. The number of likely N-dealkylation sites (N-methyl/N-ethyl adjacent to an activating group) is 1. The van der Waals surface area contributed by atoms with Gasteiger partial charge in [-0.1, -0.05) is 76.1 Å². The van der Waals surface area contributed by atoms with Gasteiger partial charge in [0.05, 0.1) is 18.8 Å². The molecule has 4 rings (SSSR count). The molecule has 5 atom stereocenters. The average molecular weight is 598 g/mol. The third kappa shape index (κ3) is 10.7. The molecule has 3 fully saturated rings. The molecule has 43 heavy (non-hydrogen) atoms. The van der Waals surface area contributed by atoms with Crippen molar-refractivity contribution in [3.63, 3.8) is 0 Å². The second-order valence-corrected chi connectivity index (χ2v) is 12.2. The molecule has 240 valence electrons. The molecule has 1 aromatic rings. The fourth-order valence-corrected chi connectivity index (χ4v) is 5.45. The molecule has 9 heteroatoms. The molecular weight excluding hydrogens is 542 g/mol. The SMILES string of the molecule is C=CC(C)CN(C(=O)NC(C)C=C)C1CCN(C(=O)N[C@@H]2CO[C@H](c3ccccc3)CN(CC)C2OC)CC1.CC1CC1. The van der Waals surface area contributed by atoms with Crippen molar-refractivity contribution in [2.75, 3.05) is 46.4 Å². The Morgan fingerprint density at radius 2 is 1.77 bits per heavy atom. The van der Waals surface area contributed by atoms with Gasteiger partial charge >= 0.3 is 12.1 Å². The fourth-order valence-electron chi connectivity index (χ4n) is 5.45. The third-order valence-corrected chi connectivity index (χ3v) is 8.62. The number of ether oxygens (including phenoxy) is 2. The standard InChI is InChI=1S/C30H47N5O4.C4H8/c1-7-22(4)19-35(30(37)31-23(5)8-2)25-15-17-34(18-16-25)29(36)32-26-21-39-27(24-13-11-10-12-14-24)20-33(9-3)28(26)38-6;1-4-2-3-4/h7-8,10-14,22-23,25-28H,1-2,9,15-21H2,3-6H3,(H,31,37)(H,32,36);4H,2-3H2,1H3/t22?,23?,26-,27+,28?;/m1./s1. The van der Waals surface area contributed by atoms with Crippen molar-refractivity contribution < 1.29 is 19.1 Å². The van der Waals surface area contributed by atoms with Crippen LogP contribution in [0.3, 0.4) is 0 Å². The highest BCUT2D eigenvalue weighted by atomic mass is 16.5. The van der Waals surface area contributed by atoms with E-state index in [0.717, 1.165) is 18.0 Å². The molecule has 2 aliphatic heterocycles. The second kappa shape index (κ2) is 17.4. The van der Waals surface area contributed by atoms with E-state index >= 15 is 0 Å². The Bertz CT molecular complexity index is 1010. The van der Waals surface area contributed by atoms with Crippen LogP contribution in [0.15, 0.2) is 55.6 Å². The molecule has 1 aliphatic carbocycles. The van der Waals surface area contributed by atoms with E-state index in [2.05, 4.69) is 61.6 Å². The molecule has 1 saturated carbocycles. The first-order chi connectivity index (χ1) is 20.7. The molecular formula is C34H55N5O4. The van der Waals surface area contributed by atoms with Gasteiger partial charge in [0.2, 0.25) is 0 Å². The Morgan fingerprint density at radius 3 is 2.30 bits per heavy atom. The predicted octanol–water partition coefficient (Wildman–Crippen LogP) is 5.42. The van der Waals surface area contributed by atoms with Crippen molar-refractivity contribution in [2.45, 2.75) is 83.8 Å². The van der Waals surface area contributed by atoms with Crippen LogP contribution in [0, 0.1) is 11.8 Å². The summed E-state index contributed by atoms with van der Waals surface area (Å²) in [5.41, 5.74) is 1.11. The van der Waals surface area contributed by atoms with Gasteiger partial charge in [-0.3, -0.25) is 4.90 Å². The molecule has 3 unspecified atom stereocenters. The summed E-state index contributed by atoms with van der Waals surface area (Å²) in [6, 6.07) is 9.54. The zero-order valence-electron chi connectivity index (χ0n) is 27.0. The normalized spacial score (nSPS) is 24.4. The number of carbonyl (C=O) groups excluding carboxylic acids is 2. The van der Waals surface area contributed by atoms with E-state index < -0.39 is 0 Å². The second-order valence-electron chi connectivity index (χ2n) is 12.2. The Kier molecular flexibility index (Phi) is 14.0. The number of nitrogens with zero attached hydrogens (tertiary/aromatic N) is 3. The highest BCUT2D eigenvalue weighted by Crippen LogP contribution is 2.27. The van der Waals surface area contributed by atoms with E-state index in [1.807, 2.05) is 41.0 Å². The van der Waals surface area contributed by atoms with E-state index in [-0.39, 0.29) is 48.4 Å². The van der Waals surface area contributed by atoms with Crippen LogP contribution in [-0.2, 0) is 9.47 Å². The lowest BCUT2D eigenvalue weighted by molar-refractivity contribution is -0.0456. The maximum Gasteiger partial charge on any atom is 0.318 e. The first-order valence-electron chi connectivity index (χ1n) is 16.0. The number of benzene rings is 1. The van der Waals surface area contributed by atoms with Gasteiger partial charge in [0, 0.05) is 45.4 Å². The summed E-state index contributed by atoms with van der Waals surface area (Å²) in [6.45, 7) is 19.5. The van der Waals surface area contributed by atoms with Gasteiger partial charge in [-0.2, -0.15) is 0 Å². The number of hydrogen-bond donors (Lipinski definition) is 2. The smallest absolute Gasteiger partial charge is 0.318 e. The largest absolute Gasteiger partial charge is 0.370 e. The number of nitrogens with one attached hydrogen (secondary N) is 2. The number of hydrogen-bond acceptors (Lipinski definition) is 5. The van der Waals surface area contributed by atoms with E-state index in [1.165, 1.54) is 12.8 Å². The number of rotatable bonds is 10. The Balaban J connectivity index is 0.00000116. The van der Waals surface area contributed by atoms with Gasteiger partial charge in [-0.15, -0.1) is 13.2 Å². The van der Waals surface area contributed by atoms with Crippen molar-refractivity contribution in [1.82, 2.24) is 25.3 Å². The molecule has 3 aliphatic rings. The summed E-state index contributed by atoms with van der Waals surface area (Å²) in [6.07, 6.45) is 7.57. The Hall–Kier alpha value is -2.88. The predicted molar refractivity (Wildman–Crippen MR) is 173 cm³/mol. The van der Waals surface area contributed by atoms with Crippen LogP contribution in [0.25, 0.3) is 0 Å². The molecule has 0 radical (unpaired) electrons. The van der Waals surface area contributed by atoms with Gasteiger partial charge in [0.25, 0.3) is 0 Å². The zero-order valence-corrected chi connectivity index (χ0v) is 27.0. The van der Waals surface area contributed by atoms with Crippen molar-refractivity contribution in [2.24, 2.45) is 11.8 Å². The summed E-state index contributed by atoms with van der Waals surface area (Å²) in [4.78, 5) is 32.3. The van der Waals surface area contributed by atoms with Gasteiger partial charge in [0.15, 0.2) is 0 Å². The fraction of sp³-hybridized carbons (Fsp3) is 0.647. The van der Waals surface area contributed by atoms with Crippen LogP contribution in [0.2, 0.25) is 0 Å². The minimum atomic E-state index is -0.315.